The van der Waals surface area contributed by atoms with Gasteiger partial charge in [-0.3, -0.25) is 4.79 Å². The van der Waals surface area contributed by atoms with Crippen molar-refractivity contribution in [3.05, 3.63) is 0 Å². The highest BCUT2D eigenvalue weighted by atomic mass is 16.5. The number of hydrogen-bond acceptors (Lipinski definition) is 3. The first-order valence-corrected chi connectivity index (χ1v) is 3.35. The van der Waals surface area contributed by atoms with Gasteiger partial charge in [0.2, 0.25) is 5.91 Å². The van der Waals surface area contributed by atoms with E-state index in [9.17, 15) is 9.59 Å². The number of carbonyl (C=O) groups is 2. The minimum absolute atomic E-state index is 0.0712. The second-order valence-electron chi connectivity index (χ2n) is 1.87. The molecule has 3 N–H and O–H groups in total. The molecule has 5 nitrogen and oxygen atoms in total. The van der Waals surface area contributed by atoms with Crippen LogP contribution in [0.2, 0.25) is 0 Å². The van der Waals surface area contributed by atoms with Crippen molar-refractivity contribution in [2.75, 3.05) is 13.2 Å². The summed E-state index contributed by atoms with van der Waals surface area (Å²) in [5.41, 5.74) is 4.67. The molecule has 64 valence electrons. The fraction of sp³-hybridized carbons (Fsp3) is 0.667. The Morgan fingerprint density at radius 3 is 2.64 bits per heavy atom. The first-order valence-electron chi connectivity index (χ1n) is 3.35. The third kappa shape index (κ3) is 6.63. The number of nitrogens with one attached hydrogen (secondary N) is 1. The van der Waals surface area contributed by atoms with E-state index in [2.05, 4.69) is 15.8 Å². The summed E-state index contributed by atoms with van der Waals surface area (Å²) in [6, 6.07) is 0. The lowest BCUT2D eigenvalue weighted by atomic mass is 10.4. The van der Waals surface area contributed by atoms with E-state index in [0.29, 0.717) is 13.0 Å². The third-order valence-electron chi connectivity index (χ3n) is 0.990. The van der Waals surface area contributed by atoms with Crippen LogP contribution < -0.4 is 11.1 Å². The van der Waals surface area contributed by atoms with Gasteiger partial charge in [0.1, 0.15) is 6.61 Å². The van der Waals surface area contributed by atoms with Gasteiger partial charge in [0.25, 0.3) is 0 Å². The topological polar surface area (TPSA) is 81.4 Å². The molecule has 0 aliphatic rings. The van der Waals surface area contributed by atoms with E-state index in [1.165, 1.54) is 0 Å². The molecule has 0 aromatic carbocycles. The third-order valence-corrected chi connectivity index (χ3v) is 0.990. The van der Waals surface area contributed by atoms with E-state index in [-0.39, 0.29) is 12.5 Å². The first-order chi connectivity index (χ1) is 5.16. The van der Waals surface area contributed by atoms with Gasteiger partial charge in [0.15, 0.2) is 0 Å². The summed E-state index contributed by atoms with van der Waals surface area (Å²) in [7, 11) is 0. The fourth-order valence-corrected chi connectivity index (χ4v) is 0.467. The molecule has 0 aliphatic heterocycles. The van der Waals surface area contributed by atoms with Crippen molar-refractivity contribution < 1.29 is 14.3 Å². The zero-order valence-corrected chi connectivity index (χ0v) is 6.42. The van der Waals surface area contributed by atoms with E-state index in [4.69, 9.17) is 0 Å². The van der Waals surface area contributed by atoms with Gasteiger partial charge in [0.05, 0.1) is 6.54 Å². The Hall–Kier alpha value is -1.26. The Bertz CT molecular complexity index is 147. The van der Waals surface area contributed by atoms with Crippen molar-refractivity contribution in [3.63, 3.8) is 0 Å². The van der Waals surface area contributed by atoms with Crippen LogP contribution in [-0.4, -0.2) is 25.2 Å². The van der Waals surface area contributed by atoms with Crippen LogP contribution in [0.25, 0.3) is 0 Å². The summed E-state index contributed by atoms with van der Waals surface area (Å²) in [4.78, 5) is 20.6. The van der Waals surface area contributed by atoms with Crippen LogP contribution in [0.1, 0.15) is 13.3 Å². The fourth-order valence-electron chi connectivity index (χ4n) is 0.467. The molecule has 0 saturated heterocycles. The van der Waals surface area contributed by atoms with Crippen LogP contribution in [0, 0.1) is 0 Å². The summed E-state index contributed by atoms with van der Waals surface area (Å²) < 4.78 is 4.36. The monoisotopic (exact) mass is 160 g/mol. The number of hydrogen-bond donors (Lipinski definition) is 2. The number of nitrogens with two attached hydrogens (primary N) is 1. The van der Waals surface area contributed by atoms with Crippen LogP contribution >= 0.6 is 0 Å². The molecule has 0 rings (SSSR count). The maximum atomic E-state index is 10.6. The SMILES string of the molecule is CCC(=O)NCCOC(N)=O. The van der Waals surface area contributed by atoms with E-state index in [1.807, 2.05) is 0 Å². The summed E-state index contributed by atoms with van der Waals surface area (Å²) in [6.07, 6.45) is -0.396. The van der Waals surface area contributed by atoms with Crippen LogP contribution in [0.5, 0.6) is 0 Å². The smallest absolute Gasteiger partial charge is 0.404 e. The summed E-state index contributed by atoms with van der Waals surface area (Å²) in [5.74, 6) is -0.0712. The molecule has 5 heteroatoms. The lowest BCUT2D eigenvalue weighted by Crippen LogP contribution is -2.28. The number of carbonyl (C=O) groups excluding carboxylic acids is 2. The van der Waals surface area contributed by atoms with Crippen LogP contribution in [0.3, 0.4) is 0 Å². The van der Waals surface area contributed by atoms with Crippen molar-refractivity contribution in [1.82, 2.24) is 5.32 Å². The molecular formula is C6H12N2O3. The molecule has 0 spiro atoms. The summed E-state index contributed by atoms with van der Waals surface area (Å²) >= 11 is 0. The van der Waals surface area contributed by atoms with Crippen molar-refractivity contribution in [3.8, 4) is 0 Å². The molecule has 0 saturated carbocycles. The van der Waals surface area contributed by atoms with Crippen LogP contribution in [0.15, 0.2) is 0 Å². The average molecular weight is 160 g/mol. The van der Waals surface area contributed by atoms with Gasteiger partial charge in [-0.2, -0.15) is 0 Å². The minimum Gasteiger partial charge on any atom is -0.448 e. The van der Waals surface area contributed by atoms with Crippen LogP contribution in [-0.2, 0) is 9.53 Å². The molecule has 0 aromatic rings. The molecule has 0 atom stereocenters. The highest BCUT2D eigenvalue weighted by Crippen LogP contribution is 1.75. The van der Waals surface area contributed by atoms with Gasteiger partial charge < -0.3 is 15.8 Å². The Balaban J connectivity index is 3.14. The molecule has 2 amide bonds. The molecule has 0 unspecified atom stereocenters. The number of rotatable bonds is 4. The van der Waals surface area contributed by atoms with Gasteiger partial charge in [-0.25, -0.2) is 4.79 Å². The van der Waals surface area contributed by atoms with Crippen molar-refractivity contribution >= 4 is 12.0 Å². The number of ether oxygens (including phenoxy) is 1. The van der Waals surface area contributed by atoms with E-state index in [0.717, 1.165) is 0 Å². The second-order valence-corrected chi connectivity index (χ2v) is 1.87. The maximum absolute atomic E-state index is 10.6. The standard InChI is InChI=1S/C6H12N2O3/c1-2-5(9)8-3-4-11-6(7)10/h2-4H2,1H3,(H2,7,10)(H,8,9). The zero-order valence-electron chi connectivity index (χ0n) is 6.42. The quantitative estimate of drug-likeness (QED) is 0.549. The van der Waals surface area contributed by atoms with Crippen molar-refractivity contribution in [2.24, 2.45) is 5.73 Å². The van der Waals surface area contributed by atoms with Crippen molar-refractivity contribution in [1.29, 1.82) is 0 Å². The van der Waals surface area contributed by atoms with Gasteiger partial charge in [0, 0.05) is 6.42 Å². The molecule has 0 fully saturated rings. The van der Waals surface area contributed by atoms with Gasteiger partial charge in [-0.05, 0) is 0 Å². The van der Waals surface area contributed by atoms with Crippen molar-refractivity contribution in [2.45, 2.75) is 13.3 Å². The normalized spacial score (nSPS) is 8.82. The second kappa shape index (κ2) is 5.52. The van der Waals surface area contributed by atoms with Crippen LogP contribution in [0.4, 0.5) is 4.79 Å². The maximum Gasteiger partial charge on any atom is 0.404 e. The van der Waals surface area contributed by atoms with Gasteiger partial charge in [-0.15, -0.1) is 0 Å². The molecule has 0 heterocycles. The predicted octanol–water partition coefficient (Wildman–Crippen LogP) is -0.392. The lowest BCUT2D eigenvalue weighted by Gasteiger charge is -2.02. The minimum atomic E-state index is -0.823. The van der Waals surface area contributed by atoms with Gasteiger partial charge in [-0.1, -0.05) is 6.92 Å². The number of amides is 2. The highest BCUT2D eigenvalue weighted by Gasteiger charge is 1.96. The Morgan fingerprint density at radius 1 is 1.55 bits per heavy atom. The molecule has 11 heavy (non-hydrogen) atoms. The van der Waals surface area contributed by atoms with E-state index in [1.54, 1.807) is 6.92 Å². The number of primary amides is 1. The molecule has 0 radical (unpaired) electrons. The lowest BCUT2D eigenvalue weighted by molar-refractivity contribution is -0.120. The molecule has 0 aromatic heterocycles. The Labute approximate surface area is 64.9 Å². The summed E-state index contributed by atoms with van der Waals surface area (Å²) in [5, 5.41) is 2.52. The largest absolute Gasteiger partial charge is 0.448 e. The molecular weight excluding hydrogens is 148 g/mol. The molecule has 0 aliphatic carbocycles. The Morgan fingerprint density at radius 2 is 2.18 bits per heavy atom. The van der Waals surface area contributed by atoms with E-state index >= 15 is 0 Å². The highest BCUT2D eigenvalue weighted by molar-refractivity contribution is 5.75. The molecule has 0 bridgehead atoms. The first kappa shape index (κ1) is 9.74. The average Bonchev–Trinajstić information content (AvgIpc) is 1.97. The summed E-state index contributed by atoms with van der Waals surface area (Å²) in [6.45, 7) is 2.18. The predicted molar refractivity (Wildman–Crippen MR) is 38.8 cm³/mol. The Kier molecular flexibility index (Phi) is 4.89. The van der Waals surface area contributed by atoms with Gasteiger partial charge >= 0.3 is 6.09 Å². The zero-order chi connectivity index (χ0) is 8.69. The van der Waals surface area contributed by atoms with E-state index < -0.39 is 6.09 Å².